The van der Waals surface area contributed by atoms with Crippen molar-refractivity contribution in [1.29, 1.82) is 0 Å². The number of benzene rings is 3. The number of nitro groups is 4. The summed E-state index contributed by atoms with van der Waals surface area (Å²) < 4.78 is 5.57. The van der Waals surface area contributed by atoms with Gasteiger partial charge in [-0.05, 0) is 24.3 Å². The Hall–Kier alpha value is -5.14. The summed E-state index contributed by atoms with van der Waals surface area (Å²) in [7, 11) is 0. The number of hydrogen-bond donors (Lipinski definition) is 1. The largest absolute Gasteiger partial charge is 0.448 e. The van der Waals surface area contributed by atoms with E-state index in [-0.39, 0.29) is 22.9 Å². The van der Waals surface area contributed by atoms with Crippen molar-refractivity contribution in [2.24, 2.45) is 0 Å². The number of hydrogen-bond acceptors (Lipinski definition) is 10. The van der Waals surface area contributed by atoms with Crippen LogP contribution in [0, 0.1) is 40.5 Å². The second kappa shape index (κ2) is 8.70. The van der Waals surface area contributed by atoms with Crippen LogP contribution < -0.4 is 10.1 Å². The van der Waals surface area contributed by atoms with E-state index in [0.29, 0.717) is 0 Å². The fourth-order valence-corrected chi connectivity index (χ4v) is 2.66. The highest BCUT2D eigenvalue weighted by atomic mass is 16.6. The SMILES string of the molecule is O=[N+]([O-])c1ccc(Nc2ccccc2Oc2ccc([N+](=O)[O-])cc2[N+](=O)[O-])c([N+](=O)[O-])c1. The Morgan fingerprint density at radius 3 is 1.75 bits per heavy atom. The summed E-state index contributed by atoms with van der Waals surface area (Å²) in [4.78, 5) is 41.2. The first-order valence-electron chi connectivity index (χ1n) is 8.57. The van der Waals surface area contributed by atoms with Gasteiger partial charge in [-0.25, -0.2) is 0 Å². The minimum Gasteiger partial charge on any atom is -0.448 e. The molecule has 0 atom stereocenters. The first-order valence-corrected chi connectivity index (χ1v) is 8.57. The third-order valence-electron chi connectivity index (χ3n) is 4.12. The zero-order valence-electron chi connectivity index (χ0n) is 15.7. The van der Waals surface area contributed by atoms with Crippen LogP contribution in [0.1, 0.15) is 0 Å². The molecule has 0 spiro atoms. The van der Waals surface area contributed by atoms with Crippen molar-refractivity contribution < 1.29 is 24.4 Å². The molecule has 0 aliphatic heterocycles. The number of nitro benzene ring substituents is 4. The summed E-state index contributed by atoms with van der Waals surface area (Å²) in [5, 5.41) is 47.2. The van der Waals surface area contributed by atoms with Crippen LogP contribution in [0.25, 0.3) is 0 Å². The Balaban J connectivity index is 2.00. The normalized spacial score (nSPS) is 10.2. The molecule has 0 radical (unpaired) electrons. The van der Waals surface area contributed by atoms with Crippen LogP contribution in [-0.4, -0.2) is 19.7 Å². The molecule has 1 N–H and O–H groups in total. The van der Waals surface area contributed by atoms with Gasteiger partial charge in [-0.2, -0.15) is 0 Å². The van der Waals surface area contributed by atoms with Crippen LogP contribution in [-0.2, 0) is 0 Å². The Bertz CT molecular complexity index is 1160. The summed E-state index contributed by atoms with van der Waals surface area (Å²) in [6.45, 7) is 0. The minimum absolute atomic E-state index is 0.0112. The predicted molar refractivity (Wildman–Crippen MR) is 109 cm³/mol. The van der Waals surface area contributed by atoms with Crippen molar-refractivity contribution in [3.8, 4) is 11.5 Å². The molecule has 32 heavy (non-hydrogen) atoms. The molecule has 3 rings (SSSR count). The van der Waals surface area contributed by atoms with Crippen LogP contribution in [0.15, 0.2) is 60.7 Å². The number of rotatable bonds is 8. The highest BCUT2D eigenvalue weighted by Gasteiger charge is 2.23. The molecule has 3 aromatic carbocycles. The predicted octanol–water partition coefficient (Wildman–Crippen LogP) is 4.86. The van der Waals surface area contributed by atoms with E-state index in [2.05, 4.69) is 5.32 Å². The summed E-state index contributed by atoms with van der Waals surface area (Å²) in [6.07, 6.45) is 0. The molecular weight excluding hydrogens is 430 g/mol. The maximum Gasteiger partial charge on any atom is 0.318 e. The summed E-state index contributed by atoms with van der Waals surface area (Å²) in [5.41, 5.74) is -2.15. The number of ether oxygens (including phenoxy) is 1. The molecule has 3 aromatic rings. The van der Waals surface area contributed by atoms with E-state index < -0.39 is 42.4 Å². The lowest BCUT2D eigenvalue weighted by molar-refractivity contribution is -0.394. The number of para-hydroxylation sites is 2. The van der Waals surface area contributed by atoms with E-state index in [0.717, 1.165) is 36.4 Å². The van der Waals surface area contributed by atoms with Crippen molar-refractivity contribution in [3.63, 3.8) is 0 Å². The molecule has 14 nitrogen and oxygen atoms in total. The van der Waals surface area contributed by atoms with Crippen LogP contribution in [0.2, 0.25) is 0 Å². The fraction of sp³-hybridized carbons (Fsp3) is 0. The van der Waals surface area contributed by atoms with E-state index in [1.807, 2.05) is 0 Å². The third kappa shape index (κ3) is 4.54. The summed E-state index contributed by atoms with van der Waals surface area (Å²) in [5.74, 6) is -0.287. The topological polar surface area (TPSA) is 194 Å². The number of anilines is 2. The summed E-state index contributed by atoms with van der Waals surface area (Å²) in [6, 6.07) is 11.8. The number of nitrogens with zero attached hydrogens (tertiary/aromatic N) is 4. The van der Waals surface area contributed by atoms with Gasteiger partial charge in [-0.15, -0.1) is 0 Å². The van der Waals surface area contributed by atoms with Gasteiger partial charge in [-0.3, -0.25) is 40.5 Å². The standard InChI is InChI=1S/C18H11N5O9/c24-20(25)11-5-7-13(15(9-11)22(28)29)19-14-3-1-2-4-17(14)32-18-8-6-12(21(26)27)10-16(18)23(30)31/h1-10,19H. The monoisotopic (exact) mass is 441 g/mol. The average molecular weight is 441 g/mol. The minimum atomic E-state index is -0.848. The molecule has 14 heteroatoms. The molecule has 0 fully saturated rings. The molecule has 0 saturated heterocycles. The zero-order chi connectivity index (χ0) is 23.4. The highest BCUT2D eigenvalue weighted by molar-refractivity contribution is 5.75. The molecule has 0 saturated carbocycles. The number of non-ortho nitro benzene ring substituents is 2. The van der Waals surface area contributed by atoms with Gasteiger partial charge in [-0.1, -0.05) is 12.1 Å². The van der Waals surface area contributed by atoms with Gasteiger partial charge in [0, 0.05) is 12.1 Å². The molecule has 0 aromatic heterocycles. The van der Waals surface area contributed by atoms with Crippen molar-refractivity contribution in [1.82, 2.24) is 0 Å². The Kier molecular flexibility index (Phi) is 5.86. The smallest absolute Gasteiger partial charge is 0.318 e. The molecule has 0 aliphatic rings. The zero-order valence-corrected chi connectivity index (χ0v) is 15.7. The molecule has 0 aliphatic carbocycles. The maximum absolute atomic E-state index is 11.4. The van der Waals surface area contributed by atoms with Gasteiger partial charge in [0.15, 0.2) is 5.75 Å². The van der Waals surface area contributed by atoms with Gasteiger partial charge >= 0.3 is 5.69 Å². The molecule has 0 heterocycles. The molecule has 162 valence electrons. The van der Waals surface area contributed by atoms with Gasteiger partial charge in [0.2, 0.25) is 5.75 Å². The average Bonchev–Trinajstić information content (AvgIpc) is 2.75. The van der Waals surface area contributed by atoms with E-state index in [4.69, 9.17) is 4.74 Å². The second-order valence-corrected chi connectivity index (χ2v) is 6.11. The lowest BCUT2D eigenvalue weighted by Crippen LogP contribution is -2.01. The first kappa shape index (κ1) is 21.6. The van der Waals surface area contributed by atoms with Crippen LogP contribution >= 0.6 is 0 Å². The van der Waals surface area contributed by atoms with Gasteiger partial charge in [0.25, 0.3) is 17.1 Å². The molecule has 0 unspecified atom stereocenters. The first-order chi connectivity index (χ1) is 15.2. The molecule has 0 amide bonds. The molecular formula is C18H11N5O9. The fourth-order valence-electron chi connectivity index (χ4n) is 2.66. The maximum atomic E-state index is 11.4. The lowest BCUT2D eigenvalue weighted by Gasteiger charge is -2.13. The lowest BCUT2D eigenvalue weighted by atomic mass is 10.2. The van der Waals surface area contributed by atoms with E-state index in [9.17, 15) is 40.5 Å². The van der Waals surface area contributed by atoms with Gasteiger partial charge in [0.05, 0.1) is 37.5 Å². The quantitative estimate of drug-likeness (QED) is 0.372. The third-order valence-corrected chi connectivity index (χ3v) is 4.12. The molecule has 0 bridgehead atoms. The van der Waals surface area contributed by atoms with Crippen LogP contribution in [0.4, 0.5) is 34.1 Å². The van der Waals surface area contributed by atoms with Crippen molar-refractivity contribution in [2.75, 3.05) is 5.32 Å². The Labute approximate surface area is 177 Å². The van der Waals surface area contributed by atoms with Crippen molar-refractivity contribution >= 4 is 34.1 Å². The number of nitrogens with one attached hydrogen (secondary N) is 1. The van der Waals surface area contributed by atoms with E-state index in [1.165, 1.54) is 18.2 Å². The van der Waals surface area contributed by atoms with Crippen LogP contribution in [0.3, 0.4) is 0 Å². The van der Waals surface area contributed by atoms with Crippen LogP contribution in [0.5, 0.6) is 11.5 Å². The van der Waals surface area contributed by atoms with E-state index in [1.54, 1.807) is 6.07 Å². The second-order valence-electron chi connectivity index (χ2n) is 6.11. The van der Waals surface area contributed by atoms with Crippen molar-refractivity contribution in [2.45, 2.75) is 0 Å². The Morgan fingerprint density at radius 2 is 1.16 bits per heavy atom. The summed E-state index contributed by atoms with van der Waals surface area (Å²) >= 11 is 0. The van der Waals surface area contributed by atoms with Crippen molar-refractivity contribution in [3.05, 3.63) is 101 Å². The van der Waals surface area contributed by atoms with E-state index >= 15 is 0 Å². The van der Waals surface area contributed by atoms with Gasteiger partial charge < -0.3 is 10.1 Å². The van der Waals surface area contributed by atoms with Gasteiger partial charge in [0.1, 0.15) is 5.69 Å². The Morgan fingerprint density at radius 1 is 0.594 bits per heavy atom. The highest BCUT2D eigenvalue weighted by Crippen LogP contribution is 2.39.